The van der Waals surface area contributed by atoms with Crippen LogP contribution in [0.1, 0.15) is 22.3 Å². The molecule has 2 aromatic heterocycles. The zero-order valence-corrected chi connectivity index (χ0v) is 16.0. The number of aryl methyl sites for hydroxylation is 4. The molecule has 0 amide bonds. The highest BCUT2D eigenvalue weighted by atomic mass is 15.3. The number of pyridine rings is 1. The van der Waals surface area contributed by atoms with Gasteiger partial charge in [-0.05, 0) is 56.8 Å². The fraction of sp³-hybridized carbons (Fsp3) is 0.167. The molecule has 0 saturated carbocycles. The predicted molar refractivity (Wildman–Crippen MR) is 112 cm³/mol. The van der Waals surface area contributed by atoms with Crippen molar-refractivity contribution >= 4 is 27.3 Å². The van der Waals surface area contributed by atoms with Gasteiger partial charge < -0.3 is 0 Å². The van der Waals surface area contributed by atoms with Crippen LogP contribution in [0.25, 0.3) is 38.7 Å². The van der Waals surface area contributed by atoms with Crippen LogP contribution in [0.4, 0.5) is 0 Å². The molecule has 0 N–H and O–H groups in total. The maximum atomic E-state index is 4.96. The third-order valence-corrected chi connectivity index (χ3v) is 5.20. The Bertz CT molecular complexity index is 1340. The van der Waals surface area contributed by atoms with E-state index < -0.39 is 0 Å². The summed E-state index contributed by atoms with van der Waals surface area (Å²) in [6.07, 6.45) is 0. The normalized spacial score (nSPS) is 11.7. The topological polar surface area (TPSA) is 30.2 Å². The van der Waals surface area contributed by atoms with E-state index in [0.29, 0.717) is 0 Å². The average molecular weight is 351 g/mol. The minimum Gasteiger partial charge on any atom is -0.212 e. The molecule has 27 heavy (non-hydrogen) atoms. The minimum atomic E-state index is 0.777. The smallest absolute Gasteiger partial charge is 0.182 e. The Morgan fingerprint density at radius 3 is 2.11 bits per heavy atom. The highest BCUT2D eigenvalue weighted by Crippen LogP contribution is 2.32. The third kappa shape index (κ3) is 2.42. The molecule has 0 aliphatic heterocycles. The standard InChI is InChI=1S/C24H21N3/c1-14-9-15(2)12-18(11-14)23-25-24-20-8-6-5-7-19(20)21-13-16(3)10-17(4)22(21)27(24)26-23/h5-13H,1-4H3. The van der Waals surface area contributed by atoms with E-state index in [-0.39, 0.29) is 0 Å². The van der Waals surface area contributed by atoms with Gasteiger partial charge in [0, 0.05) is 16.3 Å². The van der Waals surface area contributed by atoms with E-state index in [9.17, 15) is 0 Å². The second-order valence-electron chi connectivity index (χ2n) is 7.57. The quantitative estimate of drug-likeness (QED) is 0.350. The van der Waals surface area contributed by atoms with Gasteiger partial charge in [0.25, 0.3) is 0 Å². The summed E-state index contributed by atoms with van der Waals surface area (Å²) in [4.78, 5) is 4.96. The number of benzene rings is 3. The Kier molecular flexibility index (Phi) is 3.35. The Morgan fingerprint density at radius 2 is 1.37 bits per heavy atom. The largest absolute Gasteiger partial charge is 0.212 e. The van der Waals surface area contributed by atoms with E-state index in [1.807, 2.05) is 4.52 Å². The van der Waals surface area contributed by atoms with Crippen molar-refractivity contribution in [3.05, 3.63) is 76.9 Å². The SMILES string of the molecule is Cc1cc(C)cc(-c2nc3c4ccccc4c4cc(C)cc(C)c4n3n2)c1. The van der Waals surface area contributed by atoms with Gasteiger partial charge in [0.2, 0.25) is 0 Å². The summed E-state index contributed by atoms with van der Waals surface area (Å²) in [6, 6.07) is 19.4. The van der Waals surface area contributed by atoms with Crippen LogP contribution in [0.5, 0.6) is 0 Å². The number of aromatic nitrogens is 3. The lowest BCUT2D eigenvalue weighted by Gasteiger charge is -2.10. The van der Waals surface area contributed by atoms with Crippen LogP contribution >= 0.6 is 0 Å². The van der Waals surface area contributed by atoms with Crippen LogP contribution in [0.2, 0.25) is 0 Å². The lowest BCUT2D eigenvalue weighted by molar-refractivity contribution is 1.01. The Balaban J connectivity index is 1.97. The zero-order valence-electron chi connectivity index (χ0n) is 16.0. The summed E-state index contributed by atoms with van der Waals surface area (Å²) in [5.74, 6) is 0.777. The first-order chi connectivity index (χ1) is 13.0. The maximum absolute atomic E-state index is 4.96. The van der Waals surface area contributed by atoms with Crippen molar-refractivity contribution in [3.8, 4) is 11.4 Å². The van der Waals surface area contributed by atoms with Crippen molar-refractivity contribution in [2.24, 2.45) is 0 Å². The van der Waals surface area contributed by atoms with Crippen LogP contribution in [0, 0.1) is 27.7 Å². The van der Waals surface area contributed by atoms with E-state index in [0.717, 1.165) is 27.9 Å². The monoisotopic (exact) mass is 351 g/mol. The van der Waals surface area contributed by atoms with Crippen molar-refractivity contribution in [2.75, 3.05) is 0 Å². The van der Waals surface area contributed by atoms with Crippen molar-refractivity contribution in [1.29, 1.82) is 0 Å². The highest BCUT2D eigenvalue weighted by molar-refractivity contribution is 6.12. The van der Waals surface area contributed by atoms with E-state index in [1.165, 1.54) is 33.0 Å². The molecule has 5 aromatic rings. The second-order valence-corrected chi connectivity index (χ2v) is 7.57. The summed E-state index contributed by atoms with van der Waals surface area (Å²) >= 11 is 0. The zero-order chi connectivity index (χ0) is 18.7. The molecule has 5 rings (SSSR count). The summed E-state index contributed by atoms with van der Waals surface area (Å²) in [7, 11) is 0. The average Bonchev–Trinajstić information content (AvgIpc) is 3.06. The van der Waals surface area contributed by atoms with Gasteiger partial charge in [0.05, 0.1) is 5.52 Å². The Labute approximate surface area is 158 Å². The molecular formula is C24H21N3. The predicted octanol–water partition coefficient (Wildman–Crippen LogP) is 5.94. The van der Waals surface area contributed by atoms with Crippen LogP contribution < -0.4 is 0 Å². The van der Waals surface area contributed by atoms with Crippen molar-refractivity contribution in [2.45, 2.75) is 27.7 Å². The molecule has 0 aliphatic rings. The molecule has 3 heteroatoms. The summed E-state index contributed by atoms with van der Waals surface area (Å²) in [5.41, 5.74) is 8.06. The van der Waals surface area contributed by atoms with Crippen LogP contribution in [0.15, 0.2) is 54.6 Å². The number of hydrogen-bond donors (Lipinski definition) is 0. The Morgan fingerprint density at radius 1 is 0.704 bits per heavy atom. The molecule has 0 aliphatic carbocycles. The van der Waals surface area contributed by atoms with Gasteiger partial charge in [-0.1, -0.05) is 53.1 Å². The molecule has 0 spiro atoms. The molecule has 0 unspecified atom stereocenters. The maximum Gasteiger partial charge on any atom is 0.182 e. The number of fused-ring (bicyclic) bond motifs is 6. The van der Waals surface area contributed by atoms with Crippen LogP contribution in [-0.4, -0.2) is 14.6 Å². The number of hydrogen-bond acceptors (Lipinski definition) is 2. The van der Waals surface area contributed by atoms with Gasteiger partial charge >= 0.3 is 0 Å². The lowest BCUT2D eigenvalue weighted by atomic mass is 10.0. The van der Waals surface area contributed by atoms with Gasteiger partial charge in [0.1, 0.15) is 0 Å². The lowest BCUT2D eigenvalue weighted by Crippen LogP contribution is -1.96. The van der Waals surface area contributed by atoms with Crippen molar-refractivity contribution in [3.63, 3.8) is 0 Å². The summed E-state index contributed by atoms with van der Waals surface area (Å²) in [6.45, 7) is 8.53. The van der Waals surface area contributed by atoms with E-state index >= 15 is 0 Å². The van der Waals surface area contributed by atoms with Crippen molar-refractivity contribution in [1.82, 2.24) is 14.6 Å². The molecule has 132 valence electrons. The fourth-order valence-corrected chi connectivity index (χ4v) is 4.23. The van der Waals surface area contributed by atoms with Crippen LogP contribution in [-0.2, 0) is 0 Å². The van der Waals surface area contributed by atoms with E-state index in [4.69, 9.17) is 10.1 Å². The van der Waals surface area contributed by atoms with E-state index in [1.54, 1.807) is 0 Å². The van der Waals surface area contributed by atoms with E-state index in [2.05, 4.69) is 82.3 Å². The van der Waals surface area contributed by atoms with Crippen LogP contribution in [0.3, 0.4) is 0 Å². The first-order valence-corrected chi connectivity index (χ1v) is 9.28. The van der Waals surface area contributed by atoms with Gasteiger partial charge in [-0.3, -0.25) is 0 Å². The fourth-order valence-electron chi connectivity index (χ4n) is 4.23. The molecule has 0 saturated heterocycles. The van der Waals surface area contributed by atoms with Crippen molar-refractivity contribution < 1.29 is 0 Å². The molecule has 0 atom stereocenters. The molecule has 3 aromatic carbocycles. The molecular weight excluding hydrogens is 330 g/mol. The van der Waals surface area contributed by atoms with Gasteiger partial charge in [-0.15, -0.1) is 5.10 Å². The third-order valence-electron chi connectivity index (χ3n) is 5.20. The Hall–Kier alpha value is -3.20. The number of rotatable bonds is 1. The molecule has 0 fully saturated rings. The molecule has 2 heterocycles. The first kappa shape index (κ1) is 16.0. The minimum absolute atomic E-state index is 0.777. The first-order valence-electron chi connectivity index (χ1n) is 9.28. The summed E-state index contributed by atoms with van der Waals surface area (Å²) < 4.78 is 2.03. The van der Waals surface area contributed by atoms with Gasteiger partial charge in [-0.25, -0.2) is 9.50 Å². The number of nitrogens with zero attached hydrogens (tertiary/aromatic N) is 3. The molecule has 3 nitrogen and oxygen atoms in total. The molecule has 0 bridgehead atoms. The van der Waals surface area contributed by atoms with Gasteiger partial charge in [-0.2, -0.15) is 0 Å². The van der Waals surface area contributed by atoms with Gasteiger partial charge in [0.15, 0.2) is 11.5 Å². The molecule has 0 radical (unpaired) electrons. The summed E-state index contributed by atoms with van der Waals surface area (Å²) in [5, 5.41) is 8.53. The highest BCUT2D eigenvalue weighted by Gasteiger charge is 2.16. The second kappa shape index (κ2) is 5.65.